The lowest BCUT2D eigenvalue weighted by atomic mass is 9.76. The quantitative estimate of drug-likeness (QED) is 0.886. The molecule has 1 aromatic carbocycles. The van der Waals surface area contributed by atoms with Crippen molar-refractivity contribution in [3.8, 4) is 0 Å². The zero-order valence-corrected chi connectivity index (χ0v) is 14.2. The van der Waals surface area contributed by atoms with Crippen LogP contribution in [-0.2, 0) is 16.0 Å². The molecule has 0 aliphatic carbocycles. The third kappa shape index (κ3) is 2.79. The Morgan fingerprint density at radius 3 is 2.75 bits per heavy atom. The third-order valence-electron chi connectivity index (χ3n) is 5.47. The number of carboxylic acids is 1. The number of amides is 1. The van der Waals surface area contributed by atoms with Gasteiger partial charge >= 0.3 is 5.97 Å². The van der Waals surface area contributed by atoms with E-state index in [0.29, 0.717) is 32.4 Å². The van der Waals surface area contributed by atoms with Crippen LogP contribution in [0.1, 0.15) is 32.3 Å². The van der Waals surface area contributed by atoms with Gasteiger partial charge in [-0.2, -0.15) is 0 Å². The monoisotopic (exact) mass is 328 g/mol. The lowest BCUT2D eigenvalue weighted by Crippen LogP contribution is -2.40. The van der Waals surface area contributed by atoms with Crippen molar-refractivity contribution < 1.29 is 14.7 Å². The molecule has 24 heavy (non-hydrogen) atoms. The first kappa shape index (κ1) is 16.6. The van der Waals surface area contributed by atoms with Crippen molar-refractivity contribution >= 4 is 22.8 Å². The van der Waals surface area contributed by atoms with E-state index in [1.54, 1.807) is 4.90 Å². The second-order valence-electron chi connectivity index (χ2n) is 7.04. The van der Waals surface area contributed by atoms with E-state index < -0.39 is 11.4 Å². The van der Waals surface area contributed by atoms with E-state index in [9.17, 15) is 14.7 Å². The number of rotatable bonds is 5. The highest BCUT2D eigenvalue weighted by molar-refractivity contribution is 5.85. The lowest BCUT2D eigenvalue weighted by Gasteiger charge is -2.28. The fourth-order valence-electron chi connectivity index (χ4n) is 3.68. The van der Waals surface area contributed by atoms with Gasteiger partial charge in [-0.25, -0.2) is 0 Å². The summed E-state index contributed by atoms with van der Waals surface area (Å²) in [5, 5.41) is 10.7. The number of para-hydroxylation sites is 1. The molecule has 1 aliphatic rings. The van der Waals surface area contributed by atoms with E-state index >= 15 is 0 Å². The smallest absolute Gasteiger partial charge is 0.311 e. The molecule has 2 heterocycles. The first-order chi connectivity index (χ1) is 11.4. The van der Waals surface area contributed by atoms with Crippen LogP contribution in [0.25, 0.3) is 10.9 Å². The second kappa shape index (κ2) is 6.30. The zero-order valence-electron chi connectivity index (χ0n) is 14.2. The summed E-state index contributed by atoms with van der Waals surface area (Å²) in [5.41, 5.74) is 1.41. The van der Waals surface area contributed by atoms with E-state index in [1.165, 1.54) is 0 Å². The molecule has 3 rings (SSSR count). The van der Waals surface area contributed by atoms with Crippen LogP contribution in [0.15, 0.2) is 30.5 Å². The van der Waals surface area contributed by atoms with Gasteiger partial charge in [-0.15, -0.1) is 0 Å². The van der Waals surface area contributed by atoms with Crippen LogP contribution in [0, 0.1) is 11.3 Å². The molecule has 1 aromatic heterocycles. The Labute approximate surface area is 141 Å². The molecule has 1 amide bonds. The number of hydrogen-bond acceptors (Lipinski definition) is 2. The molecule has 1 saturated heterocycles. The molecule has 0 saturated carbocycles. The number of carbonyl (C=O) groups excluding carboxylic acids is 1. The number of aromatic amines is 1. The lowest BCUT2D eigenvalue weighted by molar-refractivity contribution is -0.151. The number of aromatic nitrogens is 1. The predicted molar refractivity (Wildman–Crippen MR) is 92.7 cm³/mol. The molecule has 1 unspecified atom stereocenters. The molecular formula is C19H24N2O3. The normalized spacial score (nSPS) is 20.9. The number of likely N-dealkylation sites (tertiary alicyclic amines) is 1. The van der Waals surface area contributed by atoms with Crippen molar-refractivity contribution in [3.05, 3.63) is 36.0 Å². The average Bonchev–Trinajstić information content (AvgIpc) is 3.18. The van der Waals surface area contributed by atoms with Crippen molar-refractivity contribution in [2.45, 2.75) is 33.1 Å². The minimum Gasteiger partial charge on any atom is -0.481 e. The maximum Gasteiger partial charge on any atom is 0.311 e. The minimum atomic E-state index is -0.795. The van der Waals surface area contributed by atoms with E-state index in [-0.39, 0.29) is 11.8 Å². The predicted octanol–water partition coefficient (Wildman–Crippen LogP) is 3.06. The van der Waals surface area contributed by atoms with Gasteiger partial charge in [-0.3, -0.25) is 9.59 Å². The van der Waals surface area contributed by atoms with Crippen molar-refractivity contribution in [2.24, 2.45) is 11.3 Å². The first-order valence-corrected chi connectivity index (χ1v) is 8.50. The highest BCUT2D eigenvalue weighted by atomic mass is 16.4. The maximum atomic E-state index is 12.5. The number of aryl methyl sites for hydroxylation is 1. The van der Waals surface area contributed by atoms with E-state index in [0.717, 1.165) is 16.5 Å². The van der Waals surface area contributed by atoms with Crippen LogP contribution in [0.5, 0.6) is 0 Å². The van der Waals surface area contributed by atoms with Gasteiger partial charge in [0.15, 0.2) is 0 Å². The van der Waals surface area contributed by atoms with Gasteiger partial charge in [0.25, 0.3) is 0 Å². The van der Waals surface area contributed by atoms with Crippen molar-refractivity contribution in [1.29, 1.82) is 0 Å². The molecular weight excluding hydrogens is 304 g/mol. The number of nitrogens with one attached hydrogen (secondary N) is 1. The number of nitrogens with zero attached hydrogens (tertiary/aromatic N) is 1. The van der Waals surface area contributed by atoms with Gasteiger partial charge in [-0.05, 0) is 30.4 Å². The standard InChI is InChI=1S/C19H24N2O3/c1-13(2)19(18(23)24)9-10-21(12-19)17(22)8-7-14-11-20-16-6-4-3-5-15(14)16/h3-6,11,13,20H,7-10,12H2,1-2H3,(H,23,24). The van der Waals surface area contributed by atoms with Crippen LogP contribution in [0.4, 0.5) is 0 Å². The summed E-state index contributed by atoms with van der Waals surface area (Å²) in [4.78, 5) is 29.2. The zero-order chi connectivity index (χ0) is 17.3. The van der Waals surface area contributed by atoms with Crippen LogP contribution in [0.2, 0.25) is 0 Å². The number of hydrogen-bond donors (Lipinski definition) is 2. The number of carbonyl (C=O) groups is 2. The topological polar surface area (TPSA) is 73.4 Å². The summed E-state index contributed by atoms with van der Waals surface area (Å²) < 4.78 is 0. The largest absolute Gasteiger partial charge is 0.481 e. The fraction of sp³-hybridized carbons (Fsp3) is 0.474. The number of benzene rings is 1. The number of carboxylic acid groups (broad SMARTS) is 1. The highest BCUT2D eigenvalue weighted by Gasteiger charge is 2.48. The number of fused-ring (bicyclic) bond motifs is 1. The Bertz CT molecular complexity index is 765. The summed E-state index contributed by atoms with van der Waals surface area (Å²) in [6, 6.07) is 8.04. The summed E-state index contributed by atoms with van der Waals surface area (Å²) in [6.45, 7) is 4.71. The molecule has 2 aromatic rings. The van der Waals surface area contributed by atoms with Crippen molar-refractivity contribution in [3.63, 3.8) is 0 Å². The van der Waals surface area contributed by atoms with Gasteiger partial charge in [0.2, 0.25) is 5.91 Å². The molecule has 5 heteroatoms. The summed E-state index contributed by atoms with van der Waals surface area (Å²) in [6.07, 6.45) is 3.58. The van der Waals surface area contributed by atoms with Crippen molar-refractivity contribution in [1.82, 2.24) is 9.88 Å². The molecule has 1 aliphatic heterocycles. The second-order valence-corrected chi connectivity index (χ2v) is 7.04. The van der Waals surface area contributed by atoms with Crippen LogP contribution < -0.4 is 0 Å². The number of H-pyrrole nitrogens is 1. The Balaban J connectivity index is 1.65. The average molecular weight is 328 g/mol. The molecule has 128 valence electrons. The van der Waals surface area contributed by atoms with E-state index in [4.69, 9.17) is 0 Å². The minimum absolute atomic E-state index is 0.0152. The van der Waals surface area contributed by atoms with Crippen LogP contribution >= 0.6 is 0 Å². The molecule has 0 radical (unpaired) electrons. The Morgan fingerprint density at radius 2 is 2.08 bits per heavy atom. The Morgan fingerprint density at radius 1 is 1.33 bits per heavy atom. The summed E-state index contributed by atoms with van der Waals surface area (Å²) in [5.74, 6) is -0.727. The molecule has 1 fully saturated rings. The fourth-order valence-corrected chi connectivity index (χ4v) is 3.68. The van der Waals surface area contributed by atoms with E-state index in [1.807, 2.05) is 38.2 Å². The van der Waals surface area contributed by atoms with Crippen LogP contribution in [-0.4, -0.2) is 40.0 Å². The van der Waals surface area contributed by atoms with E-state index in [2.05, 4.69) is 11.1 Å². The molecule has 2 N–H and O–H groups in total. The molecule has 0 spiro atoms. The van der Waals surface area contributed by atoms with Gasteiger partial charge in [0.05, 0.1) is 5.41 Å². The van der Waals surface area contributed by atoms with Gasteiger partial charge in [0.1, 0.15) is 0 Å². The number of aliphatic carboxylic acids is 1. The van der Waals surface area contributed by atoms with Gasteiger partial charge in [0, 0.05) is 36.6 Å². The molecule has 1 atom stereocenters. The molecule has 0 bridgehead atoms. The van der Waals surface area contributed by atoms with Gasteiger partial charge < -0.3 is 15.0 Å². The Hall–Kier alpha value is -2.30. The summed E-state index contributed by atoms with van der Waals surface area (Å²) in [7, 11) is 0. The maximum absolute atomic E-state index is 12.5. The molecule has 5 nitrogen and oxygen atoms in total. The van der Waals surface area contributed by atoms with Crippen LogP contribution in [0.3, 0.4) is 0 Å². The van der Waals surface area contributed by atoms with Crippen molar-refractivity contribution in [2.75, 3.05) is 13.1 Å². The summed E-state index contributed by atoms with van der Waals surface area (Å²) >= 11 is 0. The third-order valence-corrected chi connectivity index (χ3v) is 5.47. The van der Waals surface area contributed by atoms with Gasteiger partial charge in [-0.1, -0.05) is 32.0 Å². The first-order valence-electron chi connectivity index (χ1n) is 8.50. The Kier molecular flexibility index (Phi) is 4.35. The SMILES string of the molecule is CC(C)C1(C(=O)O)CCN(C(=O)CCc2c[nH]c3ccccc23)C1. The highest BCUT2D eigenvalue weighted by Crippen LogP contribution is 2.38.